The Hall–Kier alpha value is -0.630. The van der Waals surface area contributed by atoms with Crippen molar-refractivity contribution in [3.63, 3.8) is 0 Å². The second kappa shape index (κ2) is 6.06. The van der Waals surface area contributed by atoms with Gasteiger partial charge in [-0.15, -0.1) is 0 Å². The predicted octanol–water partition coefficient (Wildman–Crippen LogP) is 3.80. The van der Waals surface area contributed by atoms with Crippen LogP contribution in [-0.2, 0) is 0 Å². The molecule has 0 radical (unpaired) electrons. The molecule has 0 fully saturated rings. The van der Waals surface area contributed by atoms with Crippen LogP contribution < -0.4 is 4.74 Å². The largest absolute Gasteiger partial charge is 0.493 e. The zero-order chi connectivity index (χ0) is 11.1. The van der Waals surface area contributed by atoms with Gasteiger partial charge in [0.05, 0.1) is 6.61 Å². The molecule has 0 aliphatic heterocycles. The topological polar surface area (TPSA) is 9.23 Å². The molecule has 0 bridgehead atoms. The lowest BCUT2D eigenvalue weighted by molar-refractivity contribution is 0.157. The lowest BCUT2D eigenvalue weighted by Crippen LogP contribution is -2.29. The minimum absolute atomic E-state index is 0.221. The monoisotopic (exact) mass is 224 g/mol. The second-order valence-corrected chi connectivity index (χ2v) is 4.28. The first-order valence-corrected chi connectivity index (χ1v) is 6.18. The van der Waals surface area contributed by atoms with Crippen molar-refractivity contribution in [1.29, 1.82) is 0 Å². The molecule has 0 heterocycles. The summed E-state index contributed by atoms with van der Waals surface area (Å²) in [6.07, 6.45) is 2.22. The van der Waals surface area contributed by atoms with Crippen molar-refractivity contribution in [2.24, 2.45) is 5.41 Å². The smallest absolute Gasteiger partial charge is 0.119 e. The Labute approximate surface area is 98.3 Å². The average molecular weight is 224 g/mol. The van der Waals surface area contributed by atoms with E-state index in [0.29, 0.717) is 0 Å². The Kier molecular flexibility index (Phi) is 5.03. The molecular formula is C13H20OS. The van der Waals surface area contributed by atoms with Gasteiger partial charge in [0.25, 0.3) is 0 Å². The third kappa shape index (κ3) is 3.45. The Balaban J connectivity index is 2.54. The fraction of sp³-hybridized carbons (Fsp3) is 0.538. The van der Waals surface area contributed by atoms with Crippen LogP contribution in [0.1, 0.15) is 26.7 Å². The fourth-order valence-electron chi connectivity index (χ4n) is 1.48. The highest BCUT2D eigenvalue weighted by atomic mass is 32.1. The maximum absolute atomic E-state index is 5.80. The number of benzene rings is 1. The third-order valence-corrected chi connectivity index (χ3v) is 3.79. The molecule has 84 valence electrons. The van der Waals surface area contributed by atoms with Gasteiger partial charge in [0.15, 0.2) is 0 Å². The van der Waals surface area contributed by atoms with Crippen LogP contribution >= 0.6 is 12.6 Å². The summed E-state index contributed by atoms with van der Waals surface area (Å²) in [5.41, 5.74) is 0.221. The van der Waals surface area contributed by atoms with Gasteiger partial charge in [0, 0.05) is 5.41 Å². The molecule has 0 aromatic heterocycles. The zero-order valence-corrected chi connectivity index (χ0v) is 10.5. The molecule has 1 aromatic carbocycles. The first-order chi connectivity index (χ1) is 7.26. The van der Waals surface area contributed by atoms with Crippen molar-refractivity contribution in [3.8, 4) is 5.75 Å². The van der Waals surface area contributed by atoms with Crippen LogP contribution in [0.25, 0.3) is 0 Å². The summed E-state index contributed by atoms with van der Waals surface area (Å²) in [5.74, 6) is 1.83. The lowest BCUT2D eigenvalue weighted by atomic mass is 9.85. The van der Waals surface area contributed by atoms with Crippen molar-refractivity contribution in [1.82, 2.24) is 0 Å². The highest BCUT2D eigenvalue weighted by Gasteiger charge is 2.25. The number of thiol groups is 1. The molecule has 1 nitrogen and oxygen atoms in total. The normalized spacial score (nSPS) is 11.4. The van der Waals surface area contributed by atoms with E-state index in [2.05, 4.69) is 26.5 Å². The van der Waals surface area contributed by atoms with Crippen LogP contribution in [0.5, 0.6) is 5.75 Å². The molecule has 0 saturated carbocycles. The molecule has 0 spiro atoms. The van der Waals surface area contributed by atoms with E-state index in [0.717, 1.165) is 31.0 Å². The first kappa shape index (κ1) is 12.4. The molecule has 0 aliphatic carbocycles. The first-order valence-electron chi connectivity index (χ1n) is 5.55. The van der Waals surface area contributed by atoms with Gasteiger partial charge in [0.2, 0.25) is 0 Å². The Morgan fingerprint density at radius 1 is 1.13 bits per heavy atom. The summed E-state index contributed by atoms with van der Waals surface area (Å²) >= 11 is 4.43. The van der Waals surface area contributed by atoms with E-state index in [-0.39, 0.29) is 5.41 Å². The van der Waals surface area contributed by atoms with Crippen LogP contribution in [0.3, 0.4) is 0 Å². The van der Waals surface area contributed by atoms with Gasteiger partial charge in [-0.05, 0) is 30.7 Å². The number of ether oxygens (including phenoxy) is 1. The summed E-state index contributed by atoms with van der Waals surface area (Å²) < 4.78 is 5.80. The Morgan fingerprint density at radius 3 is 2.20 bits per heavy atom. The van der Waals surface area contributed by atoms with Crippen molar-refractivity contribution >= 4 is 12.6 Å². The van der Waals surface area contributed by atoms with E-state index < -0.39 is 0 Å². The third-order valence-electron chi connectivity index (χ3n) is 3.12. The van der Waals surface area contributed by atoms with Gasteiger partial charge >= 0.3 is 0 Å². The van der Waals surface area contributed by atoms with Crippen LogP contribution in [0.15, 0.2) is 30.3 Å². The van der Waals surface area contributed by atoms with Gasteiger partial charge < -0.3 is 4.74 Å². The molecule has 0 N–H and O–H groups in total. The molecule has 0 aliphatic rings. The fourth-order valence-corrected chi connectivity index (χ4v) is 2.02. The summed E-state index contributed by atoms with van der Waals surface area (Å²) in [5, 5.41) is 0. The Bertz CT molecular complexity index is 259. The van der Waals surface area contributed by atoms with Gasteiger partial charge in [-0.3, -0.25) is 0 Å². The van der Waals surface area contributed by atoms with Gasteiger partial charge in [-0.2, -0.15) is 12.6 Å². The highest BCUT2D eigenvalue weighted by Crippen LogP contribution is 2.28. The van der Waals surface area contributed by atoms with Gasteiger partial charge in [-0.1, -0.05) is 32.0 Å². The SMILES string of the molecule is CCC(CC)(CS)COc1ccccc1. The van der Waals surface area contributed by atoms with Crippen molar-refractivity contribution in [2.45, 2.75) is 26.7 Å². The van der Waals surface area contributed by atoms with E-state index in [1.807, 2.05) is 30.3 Å². The lowest BCUT2D eigenvalue weighted by Gasteiger charge is -2.29. The van der Waals surface area contributed by atoms with E-state index in [4.69, 9.17) is 4.74 Å². The molecule has 0 amide bonds. The minimum atomic E-state index is 0.221. The molecule has 1 aromatic rings. The van der Waals surface area contributed by atoms with E-state index in [9.17, 15) is 0 Å². The summed E-state index contributed by atoms with van der Waals surface area (Å²) in [6.45, 7) is 5.16. The number of para-hydroxylation sites is 1. The maximum atomic E-state index is 5.80. The van der Waals surface area contributed by atoms with Crippen LogP contribution in [0.2, 0.25) is 0 Å². The number of rotatable bonds is 6. The minimum Gasteiger partial charge on any atom is -0.493 e. The molecule has 2 heteroatoms. The molecule has 0 saturated heterocycles. The van der Waals surface area contributed by atoms with E-state index >= 15 is 0 Å². The van der Waals surface area contributed by atoms with Gasteiger partial charge in [0.1, 0.15) is 5.75 Å². The van der Waals surface area contributed by atoms with Crippen LogP contribution in [0, 0.1) is 5.41 Å². The van der Waals surface area contributed by atoms with Crippen molar-refractivity contribution < 1.29 is 4.74 Å². The number of hydrogen-bond donors (Lipinski definition) is 1. The quantitative estimate of drug-likeness (QED) is 0.723. The predicted molar refractivity (Wildman–Crippen MR) is 68.8 cm³/mol. The van der Waals surface area contributed by atoms with Crippen molar-refractivity contribution in [2.75, 3.05) is 12.4 Å². The average Bonchev–Trinajstić information content (AvgIpc) is 2.33. The standard InChI is InChI=1S/C13H20OS/c1-3-13(4-2,11-15)10-14-12-8-6-5-7-9-12/h5-9,15H,3-4,10-11H2,1-2H3. The molecule has 1 rings (SSSR count). The maximum Gasteiger partial charge on any atom is 0.119 e. The van der Waals surface area contributed by atoms with Gasteiger partial charge in [-0.25, -0.2) is 0 Å². The van der Waals surface area contributed by atoms with Crippen LogP contribution in [-0.4, -0.2) is 12.4 Å². The van der Waals surface area contributed by atoms with Crippen molar-refractivity contribution in [3.05, 3.63) is 30.3 Å². The summed E-state index contributed by atoms with van der Waals surface area (Å²) in [4.78, 5) is 0. The summed E-state index contributed by atoms with van der Waals surface area (Å²) in [6, 6.07) is 9.98. The summed E-state index contributed by atoms with van der Waals surface area (Å²) in [7, 11) is 0. The van der Waals surface area contributed by atoms with Crippen LogP contribution in [0.4, 0.5) is 0 Å². The Morgan fingerprint density at radius 2 is 1.73 bits per heavy atom. The zero-order valence-electron chi connectivity index (χ0n) is 9.57. The molecule has 0 unspecified atom stereocenters. The van der Waals surface area contributed by atoms with E-state index in [1.54, 1.807) is 0 Å². The molecular weight excluding hydrogens is 204 g/mol. The number of hydrogen-bond acceptors (Lipinski definition) is 2. The van der Waals surface area contributed by atoms with E-state index in [1.165, 1.54) is 0 Å². The molecule has 0 atom stereocenters. The second-order valence-electron chi connectivity index (χ2n) is 3.97. The molecule has 15 heavy (non-hydrogen) atoms. The highest BCUT2D eigenvalue weighted by molar-refractivity contribution is 7.80.